The predicted octanol–water partition coefficient (Wildman–Crippen LogP) is 1.39. The Morgan fingerprint density at radius 2 is 2.33 bits per heavy atom. The number of rotatable bonds is 1. The van der Waals surface area contributed by atoms with Gasteiger partial charge in [0, 0.05) is 29.8 Å². The monoisotopic (exact) mass is 224 g/mol. The predicted molar refractivity (Wildman–Crippen MR) is 65.2 cm³/mol. The summed E-state index contributed by atoms with van der Waals surface area (Å²) in [6.07, 6.45) is 1.72. The Hall–Kier alpha value is -0.970. The Labute approximate surface area is 94.3 Å². The Kier molecular flexibility index (Phi) is 3.00. The molecule has 2 unspecified atom stereocenters. The van der Waals surface area contributed by atoms with E-state index in [0.29, 0.717) is 17.2 Å². The van der Waals surface area contributed by atoms with Crippen LogP contribution in [0.4, 0.5) is 11.8 Å². The molecule has 5 heteroatoms. The summed E-state index contributed by atoms with van der Waals surface area (Å²) in [4.78, 5) is 10.5. The van der Waals surface area contributed by atoms with Crippen LogP contribution in [0.3, 0.4) is 0 Å². The van der Waals surface area contributed by atoms with Crippen LogP contribution in [0, 0.1) is 0 Å². The minimum absolute atomic E-state index is 0.352. The van der Waals surface area contributed by atoms with E-state index in [9.17, 15) is 0 Å². The largest absolute Gasteiger partial charge is 0.368 e. The van der Waals surface area contributed by atoms with Crippen LogP contribution < -0.4 is 10.6 Å². The maximum atomic E-state index is 5.59. The molecule has 82 valence electrons. The van der Waals surface area contributed by atoms with Crippen molar-refractivity contribution in [3.05, 3.63) is 12.3 Å². The summed E-state index contributed by atoms with van der Waals surface area (Å²) in [6, 6.07) is 2.42. The molecule has 0 aliphatic carbocycles. The maximum absolute atomic E-state index is 5.59. The number of nitrogen functional groups attached to an aromatic ring is 1. The molecule has 4 nitrogen and oxygen atoms in total. The molecule has 1 saturated heterocycles. The third-order valence-corrected chi connectivity index (χ3v) is 4.18. The van der Waals surface area contributed by atoms with Crippen molar-refractivity contribution in [1.82, 2.24) is 9.97 Å². The van der Waals surface area contributed by atoms with Crippen molar-refractivity contribution >= 4 is 23.5 Å². The van der Waals surface area contributed by atoms with Gasteiger partial charge in [-0.2, -0.15) is 16.7 Å². The van der Waals surface area contributed by atoms with E-state index in [1.807, 2.05) is 17.8 Å². The lowest BCUT2D eigenvalue weighted by molar-refractivity contribution is 0.620. The summed E-state index contributed by atoms with van der Waals surface area (Å²) in [6.45, 7) is 5.52. The zero-order valence-electron chi connectivity index (χ0n) is 9.05. The van der Waals surface area contributed by atoms with E-state index in [1.54, 1.807) is 6.20 Å². The molecule has 2 heterocycles. The average Bonchev–Trinajstić information content (AvgIpc) is 2.22. The Morgan fingerprint density at radius 1 is 1.53 bits per heavy atom. The van der Waals surface area contributed by atoms with Gasteiger partial charge in [0.2, 0.25) is 5.95 Å². The molecule has 1 aromatic rings. The second-order valence-corrected chi connectivity index (χ2v) is 5.27. The summed E-state index contributed by atoms with van der Waals surface area (Å²) in [5.41, 5.74) is 5.59. The van der Waals surface area contributed by atoms with Gasteiger partial charge in [0.05, 0.1) is 0 Å². The number of hydrogen-bond donors (Lipinski definition) is 1. The summed E-state index contributed by atoms with van der Waals surface area (Å²) >= 11 is 2.01. The Bertz CT molecular complexity index is 344. The molecule has 0 spiro atoms. The van der Waals surface area contributed by atoms with Crippen LogP contribution >= 0.6 is 11.8 Å². The van der Waals surface area contributed by atoms with Gasteiger partial charge in [-0.1, -0.05) is 6.92 Å². The second-order valence-electron chi connectivity index (χ2n) is 3.78. The molecule has 1 aliphatic heterocycles. The lowest BCUT2D eigenvalue weighted by Gasteiger charge is -2.38. The molecule has 2 rings (SSSR count). The minimum Gasteiger partial charge on any atom is -0.368 e. The molecule has 2 N–H and O–H groups in total. The zero-order chi connectivity index (χ0) is 10.8. The number of hydrogen-bond acceptors (Lipinski definition) is 5. The third-order valence-electron chi connectivity index (χ3n) is 2.84. The van der Waals surface area contributed by atoms with Crippen molar-refractivity contribution in [1.29, 1.82) is 0 Å². The quantitative estimate of drug-likeness (QED) is 0.781. The van der Waals surface area contributed by atoms with Crippen molar-refractivity contribution in [2.45, 2.75) is 25.1 Å². The summed E-state index contributed by atoms with van der Waals surface area (Å²) in [7, 11) is 0. The highest BCUT2D eigenvalue weighted by atomic mass is 32.2. The van der Waals surface area contributed by atoms with Gasteiger partial charge in [0.25, 0.3) is 0 Å². The molecule has 1 aromatic heterocycles. The number of nitrogens with two attached hydrogens (primary N) is 1. The van der Waals surface area contributed by atoms with E-state index in [-0.39, 0.29) is 0 Å². The molecular formula is C10H16N4S. The molecule has 0 radical (unpaired) electrons. The van der Waals surface area contributed by atoms with E-state index in [1.165, 1.54) is 0 Å². The first-order chi connectivity index (χ1) is 7.18. The van der Waals surface area contributed by atoms with E-state index >= 15 is 0 Å². The zero-order valence-corrected chi connectivity index (χ0v) is 9.87. The van der Waals surface area contributed by atoms with Crippen LogP contribution in [0.25, 0.3) is 0 Å². The lowest BCUT2D eigenvalue weighted by Crippen LogP contribution is -2.45. The van der Waals surface area contributed by atoms with Gasteiger partial charge in [-0.25, -0.2) is 4.98 Å². The van der Waals surface area contributed by atoms with Gasteiger partial charge < -0.3 is 10.6 Å². The van der Waals surface area contributed by atoms with Crippen LogP contribution in [0.15, 0.2) is 12.3 Å². The van der Waals surface area contributed by atoms with E-state index < -0.39 is 0 Å². The fraction of sp³-hybridized carbons (Fsp3) is 0.600. The molecule has 0 bridgehead atoms. The summed E-state index contributed by atoms with van der Waals surface area (Å²) < 4.78 is 0. The molecular weight excluding hydrogens is 208 g/mol. The smallest absolute Gasteiger partial charge is 0.221 e. The van der Waals surface area contributed by atoms with Crippen molar-refractivity contribution in [2.24, 2.45) is 0 Å². The number of anilines is 2. The highest BCUT2D eigenvalue weighted by molar-refractivity contribution is 8.00. The normalized spacial score (nSPS) is 26.7. The third kappa shape index (κ3) is 2.17. The first-order valence-corrected chi connectivity index (χ1v) is 6.20. The second kappa shape index (κ2) is 4.26. The maximum Gasteiger partial charge on any atom is 0.221 e. The minimum atomic E-state index is 0.352. The van der Waals surface area contributed by atoms with Crippen LogP contribution in [0.5, 0.6) is 0 Å². The molecule has 0 aromatic carbocycles. The first kappa shape index (κ1) is 10.5. The van der Waals surface area contributed by atoms with E-state index in [0.717, 1.165) is 18.1 Å². The van der Waals surface area contributed by atoms with Crippen LogP contribution in [0.1, 0.15) is 13.8 Å². The van der Waals surface area contributed by atoms with Gasteiger partial charge >= 0.3 is 0 Å². The molecule has 0 saturated carbocycles. The van der Waals surface area contributed by atoms with Crippen molar-refractivity contribution in [3.8, 4) is 0 Å². The highest BCUT2D eigenvalue weighted by Crippen LogP contribution is 2.27. The standard InChI is InChI=1S/C10H16N4S/c1-7-8(2)15-6-5-14(7)9-3-4-12-10(11)13-9/h3-4,7-8H,5-6H2,1-2H3,(H2,11,12,13). The summed E-state index contributed by atoms with van der Waals surface area (Å²) in [5.74, 6) is 2.45. The molecule has 1 fully saturated rings. The fourth-order valence-corrected chi connectivity index (χ4v) is 2.88. The van der Waals surface area contributed by atoms with Crippen LogP contribution in [-0.4, -0.2) is 33.6 Å². The van der Waals surface area contributed by atoms with Gasteiger partial charge in [-0.3, -0.25) is 0 Å². The van der Waals surface area contributed by atoms with Crippen LogP contribution in [-0.2, 0) is 0 Å². The van der Waals surface area contributed by atoms with E-state index in [4.69, 9.17) is 5.73 Å². The van der Waals surface area contributed by atoms with Gasteiger partial charge in [0.15, 0.2) is 0 Å². The van der Waals surface area contributed by atoms with Gasteiger partial charge in [-0.15, -0.1) is 0 Å². The van der Waals surface area contributed by atoms with Crippen molar-refractivity contribution in [3.63, 3.8) is 0 Å². The lowest BCUT2D eigenvalue weighted by atomic mass is 10.2. The fourth-order valence-electron chi connectivity index (χ4n) is 1.78. The highest BCUT2D eigenvalue weighted by Gasteiger charge is 2.26. The van der Waals surface area contributed by atoms with E-state index in [2.05, 4.69) is 28.7 Å². The Morgan fingerprint density at radius 3 is 3.07 bits per heavy atom. The summed E-state index contributed by atoms with van der Waals surface area (Å²) in [5, 5.41) is 0.634. The van der Waals surface area contributed by atoms with Crippen molar-refractivity contribution < 1.29 is 0 Å². The number of nitrogens with zero attached hydrogens (tertiary/aromatic N) is 3. The SMILES string of the molecule is CC1SCCN(c2ccnc(N)n2)C1C. The van der Waals surface area contributed by atoms with Crippen LogP contribution in [0.2, 0.25) is 0 Å². The Balaban J connectivity index is 2.22. The van der Waals surface area contributed by atoms with Gasteiger partial charge in [0.1, 0.15) is 5.82 Å². The van der Waals surface area contributed by atoms with Gasteiger partial charge in [-0.05, 0) is 13.0 Å². The molecule has 0 amide bonds. The molecule has 1 aliphatic rings. The van der Waals surface area contributed by atoms with Crippen molar-refractivity contribution in [2.75, 3.05) is 22.9 Å². The number of thioether (sulfide) groups is 1. The number of aromatic nitrogens is 2. The topological polar surface area (TPSA) is 55.0 Å². The molecule has 2 atom stereocenters. The average molecular weight is 224 g/mol. The first-order valence-electron chi connectivity index (χ1n) is 5.15. The molecule has 15 heavy (non-hydrogen) atoms.